The van der Waals surface area contributed by atoms with E-state index >= 15 is 0 Å². The Morgan fingerprint density at radius 1 is 1.24 bits per heavy atom. The van der Waals surface area contributed by atoms with Crippen LogP contribution in [0.3, 0.4) is 0 Å². The summed E-state index contributed by atoms with van der Waals surface area (Å²) in [5.41, 5.74) is 2.78. The molecule has 0 unspecified atom stereocenters. The zero-order valence-electron chi connectivity index (χ0n) is 10.1. The van der Waals surface area contributed by atoms with E-state index in [1.165, 1.54) is 0 Å². The molecule has 0 spiro atoms. The summed E-state index contributed by atoms with van der Waals surface area (Å²) in [4.78, 5) is 13.2. The lowest BCUT2D eigenvalue weighted by Crippen LogP contribution is -2.13. The van der Waals surface area contributed by atoms with Gasteiger partial charge in [-0.05, 0) is 31.7 Å². The number of hydrogen-bond acceptors (Lipinski definition) is 4. The van der Waals surface area contributed by atoms with Crippen LogP contribution in [0.2, 0.25) is 0 Å². The number of pyridine rings is 1. The molecule has 0 aliphatic carbocycles. The second-order valence-electron chi connectivity index (χ2n) is 3.82. The Bertz CT molecular complexity index is 482. The van der Waals surface area contributed by atoms with Crippen LogP contribution >= 0.6 is 0 Å². The smallest absolute Gasteiger partial charge is 0.178 e. The number of aryl methyl sites for hydroxylation is 1. The first-order valence-corrected chi connectivity index (χ1v) is 5.76. The molecule has 0 bridgehead atoms. The quantitative estimate of drug-likeness (QED) is 0.869. The third-order valence-electron chi connectivity index (χ3n) is 2.36. The number of aromatic nitrogens is 3. The molecule has 0 radical (unpaired) electrons. The van der Waals surface area contributed by atoms with Gasteiger partial charge in [-0.15, -0.1) is 0 Å². The van der Waals surface area contributed by atoms with Crippen molar-refractivity contribution in [2.75, 3.05) is 6.54 Å². The van der Waals surface area contributed by atoms with Crippen molar-refractivity contribution in [3.05, 3.63) is 41.9 Å². The Hall–Kier alpha value is -1.81. The van der Waals surface area contributed by atoms with Gasteiger partial charge in [-0.3, -0.25) is 4.98 Å². The highest BCUT2D eigenvalue weighted by Gasteiger charge is 2.05. The Morgan fingerprint density at radius 3 is 2.82 bits per heavy atom. The molecular weight excluding hydrogens is 212 g/mol. The molecule has 0 atom stereocenters. The largest absolute Gasteiger partial charge is 0.311 e. The Balaban J connectivity index is 2.32. The van der Waals surface area contributed by atoms with Gasteiger partial charge in [-0.2, -0.15) is 0 Å². The van der Waals surface area contributed by atoms with Gasteiger partial charge in [0.2, 0.25) is 0 Å². The van der Waals surface area contributed by atoms with E-state index in [0.29, 0.717) is 5.82 Å². The van der Waals surface area contributed by atoms with Gasteiger partial charge in [0, 0.05) is 18.4 Å². The van der Waals surface area contributed by atoms with Crippen LogP contribution in [0.4, 0.5) is 0 Å². The van der Waals surface area contributed by atoms with Crippen LogP contribution in [-0.2, 0) is 6.54 Å². The Kier molecular flexibility index (Phi) is 3.77. The van der Waals surface area contributed by atoms with Gasteiger partial charge < -0.3 is 5.32 Å². The minimum Gasteiger partial charge on any atom is -0.311 e. The van der Waals surface area contributed by atoms with Crippen LogP contribution in [0.1, 0.15) is 18.3 Å². The highest BCUT2D eigenvalue weighted by molar-refractivity contribution is 5.48. The predicted octanol–water partition coefficient (Wildman–Crippen LogP) is 1.96. The van der Waals surface area contributed by atoms with Crippen LogP contribution in [0.5, 0.6) is 0 Å². The summed E-state index contributed by atoms with van der Waals surface area (Å²) in [5.74, 6) is 0.693. The van der Waals surface area contributed by atoms with E-state index in [4.69, 9.17) is 0 Å². The molecule has 88 valence electrons. The maximum Gasteiger partial charge on any atom is 0.178 e. The summed E-state index contributed by atoms with van der Waals surface area (Å²) < 4.78 is 0. The monoisotopic (exact) mass is 228 g/mol. The molecule has 4 heteroatoms. The van der Waals surface area contributed by atoms with Crippen molar-refractivity contribution < 1.29 is 0 Å². The first kappa shape index (κ1) is 11.7. The van der Waals surface area contributed by atoms with E-state index < -0.39 is 0 Å². The minimum atomic E-state index is 0.693. The van der Waals surface area contributed by atoms with Gasteiger partial charge in [0.05, 0.1) is 5.69 Å². The fraction of sp³-hybridized carbons (Fsp3) is 0.308. The van der Waals surface area contributed by atoms with Crippen molar-refractivity contribution in [2.24, 2.45) is 0 Å². The van der Waals surface area contributed by atoms with E-state index in [2.05, 4.69) is 27.2 Å². The van der Waals surface area contributed by atoms with Crippen LogP contribution in [0, 0.1) is 6.92 Å². The lowest BCUT2D eigenvalue weighted by molar-refractivity contribution is 0.707. The summed E-state index contributed by atoms with van der Waals surface area (Å²) in [5, 5.41) is 3.26. The van der Waals surface area contributed by atoms with E-state index in [1.54, 1.807) is 6.20 Å². The number of nitrogens with one attached hydrogen (secondary N) is 1. The average molecular weight is 228 g/mol. The molecule has 2 aromatic heterocycles. The van der Waals surface area contributed by atoms with E-state index in [1.807, 2.05) is 31.2 Å². The van der Waals surface area contributed by atoms with Gasteiger partial charge in [0.25, 0.3) is 0 Å². The summed E-state index contributed by atoms with van der Waals surface area (Å²) in [6.07, 6.45) is 1.75. The van der Waals surface area contributed by atoms with Crippen molar-refractivity contribution in [2.45, 2.75) is 20.4 Å². The zero-order chi connectivity index (χ0) is 12.1. The fourth-order valence-corrected chi connectivity index (χ4v) is 1.59. The molecule has 4 nitrogen and oxygen atoms in total. The van der Waals surface area contributed by atoms with Gasteiger partial charge in [-0.25, -0.2) is 9.97 Å². The molecule has 2 rings (SSSR count). The fourth-order valence-electron chi connectivity index (χ4n) is 1.59. The summed E-state index contributed by atoms with van der Waals surface area (Å²) >= 11 is 0. The second-order valence-corrected chi connectivity index (χ2v) is 3.82. The zero-order valence-corrected chi connectivity index (χ0v) is 10.1. The molecule has 0 aromatic carbocycles. The van der Waals surface area contributed by atoms with E-state index in [-0.39, 0.29) is 0 Å². The maximum absolute atomic E-state index is 4.51. The summed E-state index contributed by atoms with van der Waals surface area (Å²) in [7, 11) is 0. The lowest BCUT2D eigenvalue weighted by atomic mass is 10.3. The van der Waals surface area contributed by atoms with Gasteiger partial charge in [-0.1, -0.05) is 13.0 Å². The molecule has 0 aliphatic rings. The molecule has 0 aliphatic heterocycles. The number of hydrogen-bond donors (Lipinski definition) is 1. The van der Waals surface area contributed by atoms with E-state index in [0.717, 1.165) is 30.2 Å². The molecular formula is C13H16N4. The van der Waals surface area contributed by atoms with Crippen molar-refractivity contribution in [3.8, 4) is 11.5 Å². The normalized spacial score (nSPS) is 10.5. The van der Waals surface area contributed by atoms with Crippen LogP contribution in [-0.4, -0.2) is 21.5 Å². The molecule has 2 aromatic rings. The Labute approximate surface area is 101 Å². The first-order chi connectivity index (χ1) is 8.29. The van der Waals surface area contributed by atoms with Gasteiger partial charge in [0.1, 0.15) is 5.69 Å². The molecule has 0 amide bonds. The summed E-state index contributed by atoms with van der Waals surface area (Å²) in [6, 6.07) is 7.75. The van der Waals surface area contributed by atoms with Crippen molar-refractivity contribution in [1.29, 1.82) is 0 Å². The minimum absolute atomic E-state index is 0.693. The molecule has 17 heavy (non-hydrogen) atoms. The lowest BCUT2D eigenvalue weighted by Gasteiger charge is -2.05. The molecule has 0 fully saturated rings. The highest BCUT2D eigenvalue weighted by atomic mass is 15.0. The standard InChI is InChI=1S/C13H16N4/c1-3-14-9-11-8-10(2)16-13(17-11)12-6-4-5-7-15-12/h4-8,14H,3,9H2,1-2H3. The van der Waals surface area contributed by atoms with E-state index in [9.17, 15) is 0 Å². The van der Waals surface area contributed by atoms with Crippen LogP contribution in [0.25, 0.3) is 11.5 Å². The topological polar surface area (TPSA) is 50.7 Å². The van der Waals surface area contributed by atoms with Crippen molar-refractivity contribution in [3.63, 3.8) is 0 Å². The average Bonchev–Trinajstić information content (AvgIpc) is 2.37. The number of rotatable bonds is 4. The second kappa shape index (κ2) is 5.50. The van der Waals surface area contributed by atoms with Gasteiger partial charge in [0.15, 0.2) is 5.82 Å². The summed E-state index contributed by atoms with van der Waals surface area (Å²) in [6.45, 7) is 5.75. The highest BCUT2D eigenvalue weighted by Crippen LogP contribution is 2.12. The first-order valence-electron chi connectivity index (χ1n) is 5.76. The molecule has 1 N–H and O–H groups in total. The molecule has 0 saturated heterocycles. The SMILES string of the molecule is CCNCc1cc(C)nc(-c2ccccn2)n1. The van der Waals surface area contributed by atoms with Crippen molar-refractivity contribution in [1.82, 2.24) is 20.3 Å². The predicted molar refractivity (Wildman–Crippen MR) is 67.4 cm³/mol. The maximum atomic E-state index is 4.51. The Morgan fingerprint density at radius 2 is 2.12 bits per heavy atom. The molecule has 0 saturated carbocycles. The van der Waals surface area contributed by atoms with Crippen LogP contribution in [0.15, 0.2) is 30.5 Å². The van der Waals surface area contributed by atoms with Crippen LogP contribution < -0.4 is 5.32 Å². The molecule has 2 heterocycles. The third kappa shape index (κ3) is 3.07. The number of nitrogens with zero attached hydrogens (tertiary/aromatic N) is 3. The van der Waals surface area contributed by atoms with Gasteiger partial charge >= 0.3 is 0 Å². The third-order valence-corrected chi connectivity index (χ3v) is 2.36. The van der Waals surface area contributed by atoms with Crippen molar-refractivity contribution >= 4 is 0 Å².